The molecule has 7 unspecified atom stereocenters. The molecule has 0 aromatic heterocycles. The SMILES string of the molecule is CC1CCCC2CC(C(=O)N3CCC4(CCC5CCCCC54)C3)NC12. The molecule has 3 heteroatoms. The van der Waals surface area contributed by atoms with Crippen LogP contribution in [0, 0.1) is 29.1 Å². The third kappa shape index (κ3) is 2.67. The van der Waals surface area contributed by atoms with Gasteiger partial charge in [-0.3, -0.25) is 4.79 Å². The van der Waals surface area contributed by atoms with Crippen molar-refractivity contribution >= 4 is 5.91 Å². The fourth-order valence-electron chi connectivity index (χ4n) is 7.69. The number of hydrogen-bond donors (Lipinski definition) is 1. The van der Waals surface area contributed by atoms with E-state index in [0.717, 1.165) is 43.2 Å². The molecule has 3 saturated carbocycles. The molecule has 0 aromatic carbocycles. The standard InChI is InChI=1S/C22H36N2O/c1-15-5-4-7-17-13-19(23-20(15)17)21(25)24-12-11-22(14-24)10-9-16-6-2-3-8-18(16)22/h15-20,23H,2-14H2,1H3. The Bertz CT molecular complexity index is 534. The van der Waals surface area contributed by atoms with Crippen molar-refractivity contribution in [2.45, 2.75) is 89.6 Å². The second kappa shape index (κ2) is 6.25. The Hall–Kier alpha value is -0.570. The van der Waals surface area contributed by atoms with E-state index in [4.69, 9.17) is 0 Å². The highest BCUT2D eigenvalue weighted by Gasteiger charge is 2.53. The Kier molecular flexibility index (Phi) is 4.15. The molecule has 5 aliphatic rings. The average Bonchev–Trinajstić information content (AvgIpc) is 3.34. The Morgan fingerprint density at radius 2 is 1.84 bits per heavy atom. The van der Waals surface area contributed by atoms with Crippen LogP contribution in [0.5, 0.6) is 0 Å². The number of carbonyl (C=O) groups is 1. The van der Waals surface area contributed by atoms with Crippen LogP contribution in [0.4, 0.5) is 0 Å². The molecule has 7 atom stereocenters. The summed E-state index contributed by atoms with van der Waals surface area (Å²) in [7, 11) is 0. The minimum atomic E-state index is 0.120. The maximum absolute atomic E-state index is 13.3. The summed E-state index contributed by atoms with van der Waals surface area (Å²) in [6.45, 7) is 4.49. The molecule has 5 fully saturated rings. The number of nitrogens with zero attached hydrogens (tertiary/aromatic N) is 1. The van der Waals surface area contributed by atoms with Gasteiger partial charge in [0.2, 0.25) is 5.91 Å². The number of likely N-dealkylation sites (tertiary alicyclic amines) is 1. The van der Waals surface area contributed by atoms with E-state index in [0.29, 0.717) is 17.4 Å². The van der Waals surface area contributed by atoms with Gasteiger partial charge in [-0.25, -0.2) is 0 Å². The van der Waals surface area contributed by atoms with E-state index in [9.17, 15) is 4.79 Å². The molecular formula is C22H36N2O. The van der Waals surface area contributed by atoms with Gasteiger partial charge in [-0.05, 0) is 74.0 Å². The van der Waals surface area contributed by atoms with Gasteiger partial charge in [0.05, 0.1) is 6.04 Å². The first kappa shape index (κ1) is 16.6. The van der Waals surface area contributed by atoms with Crippen molar-refractivity contribution in [2.75, 3.05) is 13.1 Å². The average molecular weight is 345 g/mol. The number of rotatable bonds is 1. The van der Waals surface area contributed by atoms with E-state index < -0.39 is 0 Å². The van der Waals surface area contributed by atoms with Crippen molar-refractivity contribution < 1.29 is 4.79 Å². The van der Waals surface area contributed by atoms with Crippen LogP contribution in [0.3, 0.4) is 0 Å². The third-order valence-corrected chi connectivity index (χ3v) is 8.99. The maximum atomic E-state index is 13.3. The summed E-state index contributed by atoms with van der Waals surface area (Å²) in [5, 5.41) is 3.76. The van der Waals surface area contributed by atoms with Crippen LogP contribution < -0.4 is 5.32 Å². The first-order chi connectivity index (χ1) is 12.2. The Morgan fingerprint density at radius 1 is 1.00 bits per heavy atom. The summed E-state index contributed by atoms with van der Waals surface area (Å²) in [5.41, 5.74) is 0.499. The van der Waals surface area contributed by atoms with E-state index in [-0.39, 0.29) is 6.04 Å². The van der Waals surface area contributed by atoms with Gasteiger partial charge in [0, 0.05) is 19.1 Å². The summed E-state index contributed by atoms with van der Waals surface area (Å²) in [6, 6.07) is 0.725. The predicted molar refractivity (Wildman–Crippen MR) is 100 cm³/mol. The summed E-state index contributed by atoms with van der Waals surface area (Å²) in [6.07, 6.45) is 15.0. The van der Waals surface area contributed by atoms with Crippen LogP contribution in [0.15, 0.2) is 0 Å². The molecule has 140 valence electrons. The molecule has 2 heterocycles. The molecule has 3 aliphatic carbocycles. The van der Waals surface area contributed by atoms with Gasteiger partial charge in [0.25, 0.3) is 0 Å². The normalized spacial score (nSPS) is 49.4. The number of carbonyl (C=O) groups excluding carboxylic acids is 1. The van der Waals surface area contributed by atoms with Gasteiger partial charge >= 0.3 is 0 Å². The second-order valence-electron chi connectivity index (χ2n) is 10.2. The van der Waals surface area contributed by atoms with Gasteiger partial charge in [0.15, 0.2) is 0 Å². The van der Waals surface area contributed by atoms with E-state index in [2.05, 4.69) is 17.1 Å². The van der Waals surface area contributed by atoms with E-state index >= 15 is 0 Å². The number of amides is 1. The maximum Gasteiger partial charge on any atom is 0.239 e. The molecule has 0 radical (unpaired) electrons. The minimum Gasteiger partial charge on any atom is -0.341 e. The Balaban J connectivity index is 1.25. The molecule has 25 heavy (non-hydrogen) atoms. The van der Waals surface area contributed by atoms with Gasteiger partial charge in [-0.15, -0.1) is 0 Å². The molecule has 0 bridgehead atoms. The molecule has 3 nitrogen and oxygen atoms in total. The lowest BCUT2D eigenvalue weighted by atomic mass is 9.69. The fraction of sp³-hybridized carbons (Fsp3) is 0.955. The highest BCUT2D eigenvalue weighted by Crippen LogP contribution is 2.57. The molecule has 5 rings (SSSR count). The Labute approximate surface area is 153 Å². The minimum absolute atomic E-state index is 0.120. The van der Waals surface area contributed by atoms with Crippen LogP contribution >= 0.6 is 0 Å². The predicted octanol–water partition coefficient (Wildman–Crippen LogP) is 3.97. The van der Waals surface area contributed by atoms with Crippen molar-refractivity contribution in [1.29, 1.82) is 0 Å². The summed E-state index contributed by atoms with van der Waals surface area (Å²) in [5.74, 6) is 3.86. The van der Waals surface area contributed by atoms with Crippen molar-refractivity contribution in [3.05, 3.63) is 0 Å². The van der Waals surface area contributed by atoms with Crippen LogP contribution in [0.1, 0.15) is 77.6 Å². The molecule has 1 amide bonds. The lowest BCUT2D eigenvalue weighted by Crippen LogP contribution is -2.47. The van der Waals surface area contributed by atoms with Crippen LogP contribution in [0.25, 0.3) is 0 Å². The molecular weight excluding hydrogens is 308 g/mol. The van der Waals surface area contributed by atoms with E-state index in [1.165, 1.54) is 64.2 Å². The number of fused-ring (bicyclic) bond motifs is 3. The summed E-state index contributed by atoms with van der Waals surface area (Å²) in [4.78, 5) is 15.5. The van der Waals surface area contributed by atoms with Gasteiger partial charge in [0.1, 0.15) is 0 Å². The Morgan fingerprint density at radius 3 is 2.72 bits per heavy atom. The molecule has 0 aromatic rings. The van der Waals surface area contributed by atoms with Gasteiger partial charge in [-0.2, -0.15) is 0 Å². The number of hydrogen-bond acceptors (Lipinski definition) is 2. The first-order valence-corrected chi connectivity index (χ1v) is 11.2. The smallest absolute Gasteiger partial charge is 0.239 e. The largest absolute Gasteiger partial charge is 0.341 e. The van der Waals surface area contributed by atoms with Gasteiger partial charge < -0.3 is 10.2 Å². The second-order valence-corrected chi connectivity index (χ2v) is 10.2. The van der Waals surface area contributed by atoms with E-state index in [1.807, 2.05) is 0 Å². The molecule has 2 saturated heterocycles. The van der Waals surface area contributed by atoms with Crippen molar-refractivity contribution in [2.24, 2.45) is 29.1 Å². The quantitative estimate of drug-likeness (QED) is 0.780. The monoisotopic (exact) mass is 344 g/mol. The highest BCUT2D eigenvalue weighted by molar-refractivity contribution is 5.82. The highest BCUT2D eigenvalue weighted by atomic mass is 16.2. The van der Waals surface area contributed by atoms with Crippen molar-refractivity contribution in [1.82, 2.24) is 10.2 Å². The van der Waals surface area contributed by atoms with Crippen molar-refractivity contribution in [3.8, 4) is 0 Å². The third-order valence-electron chi connectivity index (χ3n) is 8.99. The lowest BCUT2D eigenvalue weighted by molar-refractivity contribution is -0.132. The fourth-order valence-corrected chi connectivity index (χ4v) is 7.69. The zero-order valence-corrected chi connectivity index (χ0v) is 16.0. The molecule has 2 aliphatic heterocycles. The zero-order valence-electron chi connectivity index (χ0n) is 16.0. The molecule has 1 spiro atoms. The van der Waals surface area contributed by atoms with Crippen LogP contribution in [0.2, 0.25) is 0 Å². The van der Waals surface area contributed by atoms with Crippen molar-refractivity contribution in [3.63, 3.8) is 0 Å². The summed E-state index contributed by atoms with van der Waals surface area (Å²) < 4.78 is 0. The summed E-state index contributed by atoms with van der Waals surface area (Å²) >= 11 is 0. The number of nitrogens with one attached hydrogen (secondary N) is 1. The lowest BCUT2D eigenvalue weighted by Gasteiger charge is -2.37. The van der Waals surface area contributed by atoms with Crippen LogP contribution in [-0.2, 0) is 4.79 Å². The zero-order chi connectivity index (χ0) is 17.0. The van der Waals surface area contributed by atoms with E-state index in [1.54, 1.807) is 0 Å². The first-order valence-electron chi connectivity index (χ1n) is 11.2. The topological polar surface area (TPSA) is 32.3 Å². The molecule has 1 N–H and O–H groups in total. The van der Waals surface area contributed by atoms with Gasteiger partial charge in [-0.1, -0.05) is 32.6 Å². The van der Waals surface area contributed by atoms with Crippen LogP contribution in [-0.4, -0.2) is 36.0 Å².